The molecular formula is C24H29NO5. The summed E-state index contributed by atoms with van der Waals surface area (Å²) in [5.41, 5.74) is 3.41. The van der Waals surface area contributed by atoms with Crippen LogP contribution in [-0.2, 0) is 14.3 Å². The Kier molecular flexibility index (Phi) is 8.04. The molecule has 0 radical (unpaired) electrons. The third kappa shape index (κ3) is 5.86. The molecule has 0 heterocycles. The number of esters is 1. The van der Waals surface area contributed by atoms with E-state index in [1.54, 1.807) is 45.4 Å². The van der Waals surface area contributed by atoms with Gasteiger partial charge in [0.1, 0.15) is 11.5 Å². The third-order valence-corrected chi connectivity index (χ3v) is 4.67. The average Bonchev–Trinajstić information content (AvgIpc) is 2.72. The maximum atomic E-state index is 12.6. The van der Waals surface area contributed by atoms with Crippen LogP contribution in [0.4, 0.5) is 5.69 Å². The van der Waals surface area contributed by atoms with Gasteiger partial charge in [-0.15, -0.1) is 0 Å². The summed E-state index contributed by atoms with van der Waals surface area (Å²) >= 11 is 0. The molecule has 2 rings (SSSR count). The first-order valence-electron chi connectivity index (χ1n) is 9.77. The Balaban J connectivity index is 2.06. The minimum atomic E-state index is -0.950. The van der Waals surface area contributed by atoms with E-state index in [1.165, 1.54) is 6.08 Å². The van der Waals surface area contributed by atoms with E-state index in [0.29, 0.717) is 17.1 Å². The van der Waals surface area contributed by atoms with Crippen LogP contribution < -0.4 is 14.8 Å². The number of aryl methyl sites for hydroxylation is 1. The van der Waals surface area contributed by atoms with E-state index in [9.17, 15) is 9.59 Å². The first-order valence-corrected chi connectivity index (χ1v) is 9.77. The molecule has 0 aliphatic carbocycles. The highest BCUT2D eigenvalue weighted by atomic mass is 16.5. The molecule has 1 N–H and O–H groups in total. The molecule has 30 heavy (non-hydrogen) atoms. The van der Waals surface area contributed by atoms with Crippen LogP contribution in [0.5, 0.6) is 11.5 Å². The highest BCUT2D eigenvalue weighted by molar-refractivity contribution is 5.97. The molecule has 2 aromatic carbocycles. The van der Waals surface area contributed by atoms with Crippen LogP contribution in [0.2, 0.25) is 0 Å². The largest absolute Gasteiger partial charge is 0.497 e. The number of carbonyl (C=O) groups excluding carboxylic acids is 2. The van der Waals surface area contributed by atoms with E-state index in [0.717, 1.165) is 16.8 Å². The number of carbonyl (C=O) groups is 2. The molecule has 6 heteroatoms. The molecule has 2 aromatic rings. The average molecular weight is 411 g/mol. The van der Waals surface area contributed by atoms with Gasteiger partial charge >= 0.3 is 5.97 Å². The second-order valence-corrected chi connectivity index (χ2v) is 7.20. The van der Waals surface area contributed by atoms with Crippen molar-refractivity contribution in [3.8, 4) is 11.5 Å². The molecule has 1 atom stereocenters. The van der Waals surface area contributed by atoms with Crippen molar-refractivity contribution in [2.75, 3.05) is 19.5 Å². The zero-order valence-corrected chi connectivity index (χ0v) is 18.3. The van der Waals surface area contributed by atoms with Gasteiger partial charge in [-0.25, -0.2) is 4.79 Å². The smallest absolute Gasteiger partial charge is 0.331 e. The number of rotatable bonds is 8. The minimum Gasteiger partial charge on any atom is -0.497 e. The van der Waals surface area contributed by atoms with E-state index < -0.39 is 12.1 Å². The third-order valence-electron chi connectivity index (χ3n) is 4.67. The van der Waals surface area contributed by atoms with Crippen molar-refractivity contribution >= 4 is 23.6 Å². The highest BCUT2D eigenvalue weighted by Crippen LogP contribution is 2.28. The summed E-state index contributed by atoms with van der Waals surface area (Å²) in [7, 11) is 3.10. The normalized spacial score (nSPS) is 12.0. The number of ether oxygens (including phenoxy) is 3. The quantitative estimate of drug-likeness (QED) is 0.503. The second kappa shape index (κ2) is 10.5. The molecular weight excluding hydrogens is 382 g/mol. The van der Waals surface area contributed by atoms with Crippen LogP contribution >= 0.6 is 0 Å². The lowest BCUT2D eigenvalue weighted by Crippen LogP contribution is -2.30. The van der Waals surface area contributed by atoms with Gasteiger partial charge in [0.15, 0.2) is 6.10 Å². The zero-order chi connectivity index (χ0) is 22.3. The Bertz CT molecular complexity index is 933. The van der Waals surface area contributed by atoms with E-state index in [1.807, 2.05) is 25.1 Å². The van der Waals surface area contributed by atoms with Gasteiger partial charge in [0.05, 0.1) is 14.2 Å². The molecule has 0 aromatic heterocycles. The first-order chi connectivity index (χ1) is 14.3. The van der Waals surface area contributed by atoms with E-state index in [2.05, 4.69) is 19.2 Å². The zero-order valence-electron chi connectivity index (χ0n) is 18.3. The fraction of sp³-hybridized carbons (Fsp3) is 0.333. The predicted octanol–water partition coefficient (Wildman–Crippen LogP) is 4.72. The maximum absolute atomic E-state index is 12.6. The second-order valence-electron chi connectivity index (χ2n) is 7.20. The van der Waals surface area contributed by atoms with Gasteiger partial charge in [-0.1, -0.05) is 32.0 Å². The van der Waals surface area contributed by atoms with Gasteiger partial charge in [-0.3, -0.25) is 4.79 Å². The van der Waals surface area contributed by atoms with Gasteiger partial charge in [-0.05, 0) is 55.2 Å². The molecule has 1 amide bonds. The lowest BCUT2D eigenvalue weighted by Gasteiger charge is -2.18. The number of nitrogens with one attached hydrogen (secondary N) is 1. The number of methoxy groups -OCH3 is 2. The Morgan fingerprint density at radius 2 is 1.77 bits per heavy atom. The van der Waals surface area contributed by atoms with Crippen molar-refractivity contribution in [1.82, 2.24) is 0 Å². The monoisotopic (exact) mass is 411 g/mol. The molecule has 160 valence electrons. The van der Waals surface area contributed by atoms with Crippen molar-refractivity contribution in [2.45, 2.75) is 39.7 Å². The molecule has 0 fully saturated rings. The van der Waals surface area contributed by atoms with E-state index >= 15 is 0 Å². The Labute approximate surface area is 177 Å². The Hall–Kier alpha value is -3.28. The van der Waals surface area contributed by atoms with Crippen LogP contribution in [0.1, 0.15) is 43.4 Å². The fourth-order valence-electron chi connectivity index (χ4n) is 2.96. The fourth-order valence-corrected chi connectivity index (χ4v) is 2.96. The van der Waals surface area contributed by atoms with E-state index in [4.69, 9.17) is 14.2 Å². The van der Waals surface area contributed by atoms with Crippen LogP contribution in [-0.4, -0.2) is 32.2 Å². The Morgan fingerprint density at radius 3 is 2.40 bits per heavy atom. The molecule has 0 spiro atoms. The summed E-state index contributed by atoms with van der Waals surface area (Å²) in [6.45, 7) is 7.60. The van der Waals surface area contributed by atoms with E-state index in [-0.39, 0.29) is 11.8 Å². The first kappa shape index (κ1) is 23.0. The summed E-state index contributed by atoms with van der Waals surface area (Å²) in [4.78, 5) is 24.8. The molecule has 1 unspecified atom stereocenters. The lowest BCUT2D eigenvalue weighted by molar-refractivity contribution is -0.148. The van der Waals surface area contributed by atoms with Crippen molar-refractivity contribution in [1.29, 1.82) is 0 Å². The number of hydrogen-bond acceptors (Lipinski definition) is 5. The molecule has 0 saturated carbocycles. The molecule has 0 bridgehead atoms. The van der Waals surface area contributed by atoms with Crippen LogP contribution in [0.15, 0.2) is 42.5 Å². The number of hydrogen-bond donors (Lipinski definition) is 1. The molecule has 0 aliphatic rings. The number of amides is 1. The van der Waals surface area contributed by atoms with Gasteiger partial charge in [0.25, 0.3) is 5.91 Å². The lowest BCUT2D eigenvalue weighted by atomic mass is 9.98. The van der Waals surface area contributed by atoms with Crippen LogP contribution in [0.3, 0.4) is 0 Å². The highest BCUT2D eigenvalue weighted by Gasteiger charge is 2.19. The number of para-hydroxylation sites is 1. The minimum absolute atomic E-state index is 0.249. The van der Waals surface area contributed by atoms with Crippen molar-refractivity contribution in [3.05, 3.63) is 59.2 Å². The standard InChI is InChI=1S/C24H29NO5/c1-15(2)20-9-7-8-16(3)23(20)25-24(27)17(4)30-22(26)13-10-18-14-19(28-5)11-12-21(18)29-6/h7-15,17H,1-6H3,(H,25,27)/b13-10+. The van der Waals surface area contributed by atoms with Crippen LogP contribution in [0, 0.1) is 6.92 Å². The van der Waals surface area contributed by atoms with Gasteiger partial charge in [0, 0.05) is 17.3 Å². The predicted molar refractivity (Wildman–Crippen MR) is 118 cm³/mol. The summed E-state index contributed by atoms with van der Waals surface area (Å²) in [6, 6.07) is 11.1. The SMILES string of the molecule is COc1ccc(OC)c(/C=C/C(=O)OC(C)C(=O)Nc2c(C)cccc2C(C)C)c1. The summed E-state index contributed by atoms with van der Waals surface area (Å²) in [5.74, 6) is 0.462. The molecule has 0 saturated heterocycles. The van der Waals surface area contributed by atoms with Gasteiger partial charge < -0.3 is 19.5 Å². The summed E-state index contributed by atoms with van der Waals surface area (Å²) in [5, 5.41) is 2.90. The number of anilines is 1. The topological polar surface area (TPSA) is 73.9 Å². The molecule has 0 aliphatic heterocycles. The van der Waals surface area contributed by atoms with Crippen molar-refractivity contribution < 1.29 is 23.8 Å². The Morgan fingerprint density at radius 1 is 1.03 bits per heavy atom. The van der Waals surface area contributed by atoms with Crippen molar-refractivity contribution in [2.24, 2.45) is 0 Å². The van der Waals surface area contributed by atoms with Crippen LogP contribution in [0.25, 0.3) is 6.08 Å². The van der Waals surface area contributed by atoms with Crippen molar-refractivity contribution in [3.63, 3.8) is 0 Å². The van der Waals surface area contributed by atoms with Gasteiger partial charge in [-0.2, -0.15) is 0 Å². The summed E-state index contributed by atoms with van der Waals surface area (Å²) in [6.07, 6.45) is 1.87. The number of benzene rings is 2. The summed E-state index contributed by atoms with van der Waals surface area (Å²) < 4.78 is 15.7. The maximum Gasteiger partial charge on any atom is 0.331 e. The van der Waals surface area contributed by atoms with Gasteiger partial charge in [0.2, 0.25) is 0 Å². The molecule has 6 nitrogen and oxygen atoms in total.